The zero-order chi connectivity index (χ0) is 26.7. The number of carbonyl (C=O) groups excluding carboxylic acids is 3. The average molecular weight is 527 g/mol. The number of imide groups is 1. The predicted molar refractivity (Wildman–Crippen MR) is 148 cm³/mol. The third-order valence-electron chi connectivity index (χ3n) is 8.41. The van der Waals surface area contributed by atoms with Crippen LogP contribution in [0, 0.1) is 11.8 Å². The molecule has 0 N–H and O–H groups in total. The van der Waals surface area contributed by atoms with E-state index in [-0.39, 0.29) is 36.2 Å². The second-order valence-electron chi connectivity index (χ2n) is 11.2. The van der Waals surface area contributed by atoms with Crippen molar-refractivity contribution in [2.24, 2.45) is 11.8 Å². The van der Waals surface area contributed by atoms with Gasteiger partial charge in [-0.15, -0.1) is 0 Å². The lowest BCUT2D eigenvalue weighted by Gasteiger charge is -2.37. The van der Waals surface area contributed by atoms with Gasteiger partial charge < -0.3 is 9.64 Å². The second kappa shape index (κ2) is 14.6. The summed E-state index contributed by atoms with van der Waals surface area (Å²) in [7, 11) is 0. The topological polar surface area (TPSA) is 83.1 Å². The first kappa shape index (κ1) is 28.5. The van der Waals surface area contributed by atoms with Gasteiger partial charge in [-0.2, -0.15) is 0 Å². The van der Waals surface area contributed by atoms with Crippen molar-refractivity contribution in [3.05, 3.63) is 24.4 Å². The minimum absolute atomic E-state index is 0.0622. The van der Waals surface area contributed by atoms with Crippen LogP contribution in [0.1, 0.15) is 84.0 Å². The normalized spacial score (nSPS) is 23.0. The molecular weight excluding hydrogens is 480 g/mol. The molecule has 3 aliphatic rings. The molecule has 1 aromatic heterocycles. The van der Waals surface area contributed by atoms with Crippen LogP contribution in [0.15, 0.2) is 24.4 Å². The Morgan fingerprint density at radius 3 is 2.21 bits per heavy atom. The molecule has 0 radical (unpaired) electrons. The Balaban J connectivity index is 1.31. The van der Waals surface area contributed by atoms with Crippen molar-refractivity contribution < 1.29 is 19.1 Å². The number of piperazine rings is 1. The lowest BCUT2D eigenvalue weighted by Crippen LogP contribution is -2.51. The third kappa shape index (κ3) is 7.78. The van der Waals surface area contributed by atoms with E-state index < -0.39 is 6.10 Å². The molecule has 210 valence electrons. The lowest BCUT2D eigenvalue weighted by molar-refractivity contribution is -0.155. The Labute approximate surface area is 228 Å². The number of unbranched alkanes of at least 4 members (excludes halogenated alkanes) is 6. The Morgan fingerprint density at radius 1 is 0.921 bits per heavy atom. The number of rotatable bonds is 14. The van der Waals surface area contributed by atoms with Crippen LogP contribution in [0.3, 0.4) is 0 Å². The molecule has 1 aliphatic carbocycles. The molecule has 3 atom stereocenters. The van der Waals surface area contributed by atoms with E-state index in [9.17, 15) is 14.4 Å². The SMILES string of the molecule is CCCCCCCCCC(=O)OC(CN1CCN(c2ccccn2)CC1)CN1C(=O)C2CCCCC2C1=O. The molecule has 8 nitrogen and oxygen atoms in total. The highest BCUT2D eigenvalue weighted by molar-refractivity contribution is 6.05. The zero-order valence-electron chi connectivity index (χ0n) is 23.2. The highest BCUT2D eigenvalue weighted by atomic mass is 16.5. The van der Waals surface area contributed by atoms with E-state index in [0.717, 1.165) is 76.9 Å². The lowest BCUT2D eigenvalue weighted by atomic mass is 9.81. The van der Waals surface area contributed by atoms with Crippen LogP contribution >= 0.6 is 0 Å². The third-order valence-corrected chi connectivity index (χ3v) is 8.41. The van der Waals surface area contributed by atoms with Gasteiger partial charge in [0, 0.05) is 45.3 Å². The van der Waals surface area contributed by atoms with Gasteiger partial charge >= 0.3 is 5.97 Å². The minimum Gasteiger partial charge on any atom is -0.459 e. The van der Waals surface area contributed by atoms with E-state index >= 15 is 0 Å². The second-order valence-corrected chi connectivity index (χ2v) is 11.2. The quantitative estimate of drug-likeness (QED) is 0.201. The number of amides is 2. The Morgan fingerprint density at radius 2 is 1.58 bits per heavy atom. The molecule has 0 aromatic carbocycles. The molecule has 38 heavy (non-hydrogen) atoms. The van der Waals surface area contributed by atoms with Crippen molar-refractivity contribution in [3.8, 4) is 0 Å². The number of pyridine rings is 1. The number of anilines is 1. The fraction of sp³-hybridized carbons (Fsp3) is 0.733. The molecule has 3 unspecified atom stereocenters. The van der Waals surface area contributed by atoms with Gasteiger partial charge in [-0.1, -0.05) is 64.4 Å². The monoisotopic (exact) mass is 526 g/mol. The summed E-state index contributed by atoms with van der Waals surface area (Å²) in [6.07, 6.45) is 13.3. The standard InChI is InChI=1S/C30H46N4O4/c1-2-3-4-5-6-7-8-16-28(35)38-24(23-34-29(36)25-13-9-10-14-26(25)30(34)37)22-32-18-20-33(21-19-32)27-15-11-12-17-31-27/h11-12,15,17,24-26H,2-10,13-14,16,18-23H2,1H3. The van der Waals surface area contributed by atoms with Gasteiger partial charge in [0.05, 0.1) is 18.4 Å². The van der Waals surface area contributed by atoms with E-state index in [2.05, 4.69) is 21.7 Å². The van der Waals surface area contributed by atoms with Crippen LogP contribution in [0.2, 0.25) is 0 Å². The van der Waals surface area contributed by atoms with E-state index in [4.69, 9.17) is 4.74 Å². The Bertz CT molecular complexity index is 879. The number of aromatic nitrogens is 1. The minimum atomic E-state index is -0.499. The summed E-state index contributed by atoms with van der Waals surface area (Å²) in [5.41, 5.74) is 0. The Kier molecular flexibility index (Phi) is 11.0. The molecule has 8 heteroatoms. The summed E-state index contributed by atoms with van der Waals surface area (Å²) >= 11 is 0. The highest BCUT2D eigenvalue weighted by Gasteiger charge is 2.48. The first-order valence-corrected chi connectivity index (χ1v) is 15.0. The fourth-order valence-corrected chi connectivity index (χ4v) is 6.21. The molecule has 2 amide bonds. The molecule has 2 saturated heterocycles. The zero-order valence-corrected chi connectivity index (χ0v) is 23.2. The number of hydrogen-bond donors (Lipinski definition) is 0. The van der Waals surface area contributed by atoms with E-state index in [0.29, 0.717) is 13.0 Å². The number of carbonyl (C=O) groups is 3. The van der Waals surface area contributed by atoms with E-state index in [1.807, 2.05) is 24.4 Å². The van der Waals surface area contributed by atoms with Crippen molar-refractivity contribution in [2.75, 3.05) is 44.2 Å². The number of likely N-dealkylation sites (tertiary alicyclic amines) is 1. The summed E-state index contributed by atoms with van der Waals surface area (Å²) in [5.74, 6) is 0.276. The van der Waals surface area contributed by atoms with Crippen LogP contribution in [-0.4, -0.2) is 77.9 Å². The smallest absolute Gasteiger partial charge is 0.306 e. The van der Waals surface area contributed by atoms with Gasteiger partial charge in [0.1, 0.15) is 11.9 Å². The molecule has 1 aromatic rings. The molecule has 4 rings (SSSR count). The van der Waals surface area contributed by atoms with Crippen LogP contribution < -0.4 is 4.90 Å². The van der Waals surface area contributed by atoms with Crippen molar-refractivity contribution in [1.29, 1.82) is 0 Å². The maximum atomic E-state index is 13.1. The van der Waals surface area contributed by atoms with Crippen LogP contribution in [-0.2, 0) is 19.1 Å². The largest absolute Gasteiger partial charge is 0.459 e. The summed E-state index contributed by atoms with van der Waals surface area (Å²) < 4.78 is 5.97. The van der Waals surface area contributed by atoms with Crippen molar-refractivity contribution in [1.82, 2.24) is 14.8 Å². The van der Waals surface area contributed by atoms with E-state index in [1.165, 1.54) is 30.6 Å². The first-order chi connectivity index (χ1) is 18.6. The summed E-state index contributed by atoms with van der Waals surface area (Å²) in [6.45, 7) is 6.22. The molecule has 2 aliphatic heterocycles. The highest BCUT2D eigenvalue weighted by Crippen LogP contribution is 2.38. The average Bonchev–Trinajstić information content (AvgIpc) is 3.18. The number of hydrogen-bond acceptors (Lipinski definition) is 7. The first-order valence-electron chi connectivity index (χ1n) is 15.0. The maximum absolute atomic E-state index is 13.1. The van der Waals surface area contributed by atoms with Gasteiger partial charge in [-0.25, -0.2) is 4.98 Å². The molecule has 0 bridgehead atoms. The predicted octanol–water partition coefficient (Wildman–Crippen LogP) is 4.43. The van der Waals surface area contributed by atoms with Gasteiger partial charge in [-0.3, -0.25) is 24.2 Å². The van der Waals surface area contributed by atoms with Crippen molar-refractivity contribution in [3.63, 3.8) is 0 Å². The Hall–Kier alpha value is -2.48. The molecule has 1 saturated carbocycles. The summed E-state index contributed by atoms with van der Waals surface area (Å²) in [4.78, 5) is 49.5. The fourth-order valence-electron chi connectivity index (χ4n) is 6.21. The maximum Gasteiger partial charge on any atom is 0.306 e. The van der Waals surface area contributed by atoms with Crippen LogP contribution in [0.4, 0.5) is 5.82 Å². The van der Waals surface area contributed by atoms with Crippen LogP contribution in [0.25, 0.3) is 0 Å². The van der Waals surface area contributed by atoms with Gasteiger partial charge in [0.15, 0.2) is 0 Å². The molecular formula is C30H46N4O4. The number of nitrogens with zero attached hydrogens (tertiary/aromatic N) is 4. The number of esters is 1. The molecule has 0 spiro atoms. The van der Waals surface area contributed by atoms with Gasteiger partial charge in [-0.05, 0) is 31.4 Å². The van der Waals surface area contributed by atoms with Crippen molar-refractivity contribution in [2.45, 2.75) is 90.1 Å². The van der Waals surface area contributed by atoms with Gasteiger partial charge in [0.2, 0.25) is 11.8 Å². The van der Waals surface area contributed by atoms with Gasteiger partial charge in [0.25, 0.3) is 0 Å². The summed E-state index contributed by atoms with van der Waals surface area (Å²) in [5, 5.41) is 0. The molecule has 3 fully saturated rings. The number of ether oxygens (including phenoxy) is 1. The van der Waals surface area contributed by atoms with Crippen LogP contribution in [0.5, 0.6) is 0 Å². The van der Waals surface area contributed by atoms with E-state index in [1.54, 1.807) is 0 Å². The summed E-state index contributed by atoms with van der Waals surface area (Å²) in [6, 6.07) is 5.94. The number of fused-ring (bicyclic) bond motifs is 1. The molecule has 3 heterocycles. The van der Waals surface area contributed by atoms with Crippen molar-refractivity contribution >= 4 is 23.6 Å².